The molecule has 0 aliphatic carbocycles. The molecule has 1 aromatic heterocycles. The van der Waals surface area contributed by atoms with E-state index in [1.807, 2.05) is 24.3 Å². The molecule has 2 aromatic rings. The van der Waals surface area contributed by atoms with E-state index in [9.17, 15) is 8.42 Å². The monoisotopic (exact) mass is 294 g/mol. The Bertz CT molecular complexity index is 630. The van der Waals surface area contributed by atoms with E-state index in [-0.39, 0.29) is 11.2 Å². The van der Waals surface area contributed by atoms with Crippen molar-refractivity contribution in [3.05, 3.63) is 52.9 Å². The third kappa shape index (κ3) is 3.45. The van der Waals surface area contributed by atoms with Gasteiger partial charge in [0.25, 0.3) is 0 Å². The first-order valence-corrected chi connectivity index (χ1v) is 8.68. The van der Waals surface area contributed by atoms with Crippen molar-refractivity contribution in [2.45, 2.75) is 36.1 Å². The number of hydrogen-bond acceptors (Lipinski definition) is 3. The largest absolute Gasteiger partial charge is 0.223 e. The molecule has 4 heteroatoms. The Morgan fingerprint density at radius 3 is 2.16 bits per heavy atom. The summed E-state index contributed by atoms with van der Waals surface area (Å²) in [5.74, 6) is 0.0674. The van der Waals surface area contributed by atoms with Crippen molar-refractivity contribution in [3.8, 4) is 0 Å². The quantitative estimate of drug-likeness (QED) is 0.857. The molecule has 0 aliphatic heterocycles. The van der Waals surface area contributed by atoms with E-state index in [1.165, 1.54) is 16.9 Å². The summed E-state index contributed by atoms with van der Waals surface area (Å²) < 4.78 is 24.7. The third-order valence-electron chi connectivity index (χ3n) is 2.98. The molecule has 2 nitrogen and oxygen atoms in total. The number of thiophene rings is 1. The minimum atomic E-state index is -3.20. The van der Waals surface area contributed by atoms with Gasteiger partial charge >= 0.3 is 0 Å². The minimum absolute atomic E-state index is 0.0674. The Morgan fingerprint density at radius 2 is 1.68 bits per heavy atom. The van der Waals surface area contributed by atoms with Gasteiger partial charge in [0.15, 0.2) is 9.84 Å². The highest BCUT2D eigenvalue weighted by molar-refractivity contribution is 7.92. The normalized spacial score (nSPS) is 12.6. The topological polar surface area (TPSA) is 34.1 Å². The van der Waals surface area contributed by atoms with Crippen molar-refractivity contribution in [1.82, 2.24) is 0 Å². The Hall–Kier alpha value is -1.13. The summed E-state index contributed by atoms with van der Waals surface area (Å²) in [5.41, 5.74) is 2.14. The smallest absolute Gasteiger partial charge is 0.191 e. The molecule has 0 saturated heterocycles. The van der Waals surface area contributed by atoms with Crippen LogP contribution in [0, 0.1) is 0 Å². The van der Waals surface area contributed by atoms with Crippen molar-refractivity contribution in [3.63, 3.8) is 0 Å². The lowest BCUT2D eigenvalue weighted by atomic mass is 9.87. The lowest BCUT2D eigenvalue weighted by Crippen LogP contribution is -2.11. The molecular formula is C15H18O2S2. The van der Waals surface area contributed by atoms with Gasteiger partial charge in [-0.05, 0) is 28.0 Å². The lowest BCUT2D eigenvalue weighted by molar-refractivity contribution is 0.590. The molecule has 0 unspecified atom stereocenters. The summed E-state index contributed by atoms with van der Waals surface area (Å²) in [6, 6.07) is 11.3. The van der Waals surface area contributed by atoms with Crippen LogP contribution in [0.25, 0.3) is 0 Å². The fraction of sp³-hybridized carbons (Fsp3) is 0.333. The van der Waals surface area contributed by atoms with Gasteiger partial charge in [-0.2, -0.15) is 0 Å². The summed E-state index contributed by atoms with van der Waals surface area (Å²) in [5, 5.41) is 1.79. The van der Waals surface area contributed by atoms with E-state index < -0.39 is 9.84 Å². The summed E-state index contributed by atoms with van der Waals surface area (Å²) >= 11 is 1.27. The standard InChI is InChI=1S/C15H18O2S2/c1-15(2,3)13-8-6-12(7-9-13)11-19(16,17)14-5-4-10-18-14/h4-10H,11H2,1-3H3. The Kier molecular flexibility index (Phi) is 3.83. The van der Waals surface area contributed by atoms with Gasteiger partial charge in [0.2, 0.25) is 0 Å². The summed E-state index contributed by atoms with van der Waals surface area (Å²) in [7, 11) is -3.20. The number of rotatable bonds is 3. The zero-order valence-electron chi connectivity index (χ0n) is 11.4. The first-order chi connectivity index (χ1) is 8.79. The van der Waals surface area contributed by atoms with Crippen LogP contribution in [-0.2, 0) is 21.0 Å². The first-order valence-electron chi connectivity index (χ1n) is 6.15. The van der Waals surface area contributed by atoms with Gasteiger partial charge in [-0.1, -0.05) is 51.1 Å². The zero-order chi connectivity index (χ0) is 14.1. The van der Waals surface area contributed by atoms with Gasteiger partial charge < -0.3 is 0 Å². The van der Waals surface area contributed by atoms with Crippen molar-refractivity contribution < 1.29 is 8.42 Å². The van der Waals surface area contributed by atoms with Crippen LogP contribution >= 0.6 is 11.3 Å². The van der Waals surface area contributed by atoms with E-state index in [0.717, 1.165) is 5.56 Å². The van der Waals surface area contributed by atoms with E-state index >= 15 is 0 Å². The van der Waals surface area contributed by atoms with Crippen LogP contribution in [0.5, 0.6) is 0 Å². The third-order valence-corrected chi connectivity index (χ3v) is 6.15. The van der Waals surface area contributed by atoms with Crippen molar-refractivity contribution in [2.24, 2.45) is 0 Å². The molecule has 1 heterocycles. The van der Waals surface area contributed by atoms with Crippen molar-refractivity contribution in [2.75, 3.05) is 0 Å². The highest BCUT2D eigenvalue weighted by Gasteiger charge is 2.17. The molecule has 2 rings (SSSR count). The predicted molar refractivity (Wildman–Crippen MR) is 80.4 cm³/mol. The Balaban J connectivity index is 2.21. The van der Waals surface area contributed by atoms with Crippen LogP contribution in [-0.4, -0.2) is 8.42 Å². The SMILES string of the molecule is CC(C)(C)c1ccc(CS(=O)(=O)c2cccs2)cc1. The maximum absolute atomic E-state index is 12.2. The highest BCUT2D eigenvalue weighted by Crippen LogP contribution is 2.24. The van der Waals surface area contributed by atoms with Gasteiger partial charge in [-0.25, -0.2) is 8.42 Å². The van der Waals surface area contributed by atoms with Crippen LogP contribution in [0.1, 0.15) is 31.9 Å². The lowest BCUT2D eigenvalue weighted by Gasteiger charge is -2.19. The predicted octanol–water partition coefficient (Wildman–Crippen LogP) is 4.02. The maximum Gasteiger partial charge on any atom is 0.191 e. The molecule has 0 saturated carbocycles. The molecule has 0 amide bonds. The average molecular weight is 294 g/mol. The molecule has 19 heavy (non-hydrogen) atoms. The van der Waals surface area contributed by atoms with Gasteiger partial charge in [-0.3, -0.25) is 0 Å². The van der Waals surface area contributed by atoms with Gasteiger partial charge in [0, 0.05) is 0 Å². The molecule has 0 fully saturated rings. The average Bonchev–Trinajstić information content (AvgIpc) is 2.82. The number of hydrogen-bond donors (Lipinski definition) is 0. The summed E-state index contributed by atoms with van der Waals surface area (Å²) in [6.07, 6.45) is 0. The summed E-state index contributed by atoms with van der Waals surface area (Å²) in [4.78, 5) is 0. The van der Waals surface area contributed by atoms with E-state index in [2.05, 4.69) is 20.8 Å². The van der Waals surface area contributed by atoms with Gasteiger partial charge in [-0.15, -0.1) is 11.3 Å². The van der Waals surface area contributed by atoms with Crippen LogP contribution in [0.2, 0.25) is 0 Å². The molecule has 0 bridgehead atoms. The molecule has 0 spiro atoms. The van der Waals surface area contributed by atoms with Crippen LogP contribution in [0.3, 0.4) is 0 Å². The molecule has 1 aromatic carbocycles. The number of sulfone groups is 1. The fourth-order valence-electron chi connectivity index (χ4n) is 1.83. The second kappa shape index (κ2) is 5.10. The molecule has 102 valence electrons. The Morgan fingerprint density at radius 1 is 1.05 bits per heavy atom. The molecule has 0 N–H and O–H groups in total. The maximum atomic E-state index is 12.2. The minimum Gasteiger partial charge on any atom is -0.223 e. The molecular weight excluding hydrogens is 276 g/mol. The van der Waals surface area contributed by atoms with Gasteiger partial charge in [0.05, 0.1) is 5.75 Å². The molecule has 0 aliphatic rings. The second-order valence-corrected chi connectivity index (χ2v) is 8.80. The van der Waals surface area contributed by atoms with E-state index in [4.69, 9.17) is 0 Å². The molecule has 0 radical (unpaired) electrons. The van der Waals surface area contributed by atoms with E-state index in [1.54, 1.807) is 17.5 Å². The Labute approximate surface area is 119 Å². The first kappa shape index (κ1) is 14.3. The second-order valence-electron chi connectivity index (χ2n) is 5.64. The van der Waals surface area contributed by atoms with Crippen LogP contribution in [0.15, 0.2) is 46.0 Å². The van der Waals surface area contributed by atoms with Crippen molar-refractivity contribution in [1.29, 1.82) is 0 Å². The van der Waals surface area contributed by atoms with Crippen LogP contribution < -0.4 is 0 Å². The fourth-order valence-corrected chi connectivity index (χ4v) is 4.27. The summed E-state index contributed by atoms with van der Waals surface area (Å²) in [6.45, 7) is 6.43. The highest BCUT2D eigenvalue weighted by atomic mass is 32.2. The van der Waals surface area contributed by atoms with Crippen molar-refractivity contribution >= 4 is 21.2 Å². The van der Waals surface area contributed by atoms with E-state index in [0.29, 0.717) is 4.21 Å². The number of benzene rings is 1. The van der Waals surface area contributed by atoms with Gasteiger partial charge in [0.1, 0.15) is 4.21 Å². The molecule has 0 atom stereocenters. The van der Waals surface area contributed by atoms with Crippen LogP contribution in [0.4, 0.5) is 0 Å². The zero-order valence-corrected chi connectivity index (χ0v) is 13.0.